The predicted molar refractivity (Wildman–Crippen MR) is 66.7 cm³/mol. The Morgan fingerprint density at radius 2 is 2.26 bits per heavy atom. The third kappa shape index (κ3) is 3.30. The van der Waals surface area contributed by atoms with Crippen molar-refractivity contribution in [3.05, 3.63) is 29.6 Å². The fourth-order valence-corrected chi connectivity index (χ4v) is 3.14. The fourth-order valence-electron chi connectivity index (χ4n) is 1.86. The van der Waals surface area contributed by atoms with Crippen molar-refractivity contribution in [2.75, 3.05) is 19.8 Å². The van der Waals surface area contributed by atoms with Gasteiger partial charge in [0.15, 0.2) is 0 Å². The molecule has 106 valence electrons. The molecule has 2 rings (SSSR count). The molecule has 1 heterocycles. The lowest BCUT2D eigenvalue weighted by atomic mass is 10.1. The zero-order valence-electron chi connectivity index (χ0n) is 10.5. The molecular formula is C12H16FNO4S. The van der Waals surface area contributed by atoms with Gasteiger partial charge in [-0.05, 0) is 24.6 Å². The van der Waals surface area contributed by atoms with E-state index in [2.05, 4.69) is 4.72 Å². The molecule has 0 spiro atoms. The summed E-state index contributed by atoms with van der Waals surface area (Å²) in [5.74, 6) is -0.812. The molecule has 0 saturated carbocycles. The number of halogens is 1. The first kappa shape index (κ1) is 14.4. The molecular weight excluding hydrogens is 273 g/mol. The Labute approximate surface area is 111 Å². The van der Waals surface area contributed by atoms with Crippen molar-refractivity contribution in [1.82, 2.24) is 4.72 Å². The molecule has 2 N–H and O–H groups in total. The van der Waals surface area contributed by atoms with E-state index in [1.54, 1.807) is 6.92 Å². The van der Waals surface area contributed by atoms with Crippen LogP contribution in [0.1, 0.15) is 12.0 Å². The van der Waals surface area contributed by atoms with E-state index in [4.69, 9.17) is 4.74 Å². The summed E-state index contributed by atoms with van der Waals surface area (Å²) in [5.41, 5.74) is -0.572. The second-order valence-electron chi connectivity index (χ2n) is 4.79. The van der Waals surface area contributed by atoms with E-state index in [1.807, 2.05) is 0 Å². The minimum Gasteiger partial charge on any atom is -0.386 e. The SMILES string of the molecule is Cc1ccc(F)c(S(=O)(=O)NCC2(O)CCOC2)c1. The predicted octanol–water partition coefficient (Wildman–Crippen LogP) is 0.564. The van der Waals surface area contributed by atoms with Crippen molar-refractivity contribution < 1.29 is 22.7 Å². The minimum atomic E-state index is -3.98. The second-order valence-corrected chi connectivity index (χ2v) is 6.52. The molecule has 19 heavy (non-hydrogen) atoms. The molecule has 1 aromatic carbocycles. The largest absolute Gasteiger partial charge is 0.386 e. The molecule has 0 bridgehead atoms. The minimum absolute atomic E-state index is 0.0752. The lowest BCUT2D eigenvalue weighted by Gasteiger charge is -2.20. The van der Waals surface area contributed by atoms with Gasteiger partial charge in [0.2, 0.25) is 10.0 Å². The monoisotopic (exact) mass is 289 g/mol. The number of aryl methyl sites for hydroxylation is 1. The molecule has 7 heteroatoms. The lowest BCUT2D eigenvalue weighted by Crippen LogP contribution is -2.43. The van der Waals surface area contributed by atoms with Crippen LogP contribution in [0.3, 0.4) is 0 Å². The first-order valence-corrected chi connectivity index (χ1v) is 7.37. The number of benzene rings is 1. The third-order valence-electron chi connectivity index (χ3n) is 3.05. The Balaban J connectivity index is 2.16. The van der Waals surface area contributed by atoms with Gasteiger partial charge >= 0.3 is 0 Å². The highest BCUT2D eigenvalue weighted by molar-refractivity contribution is 7.89. The number of nitrogens with one attached hydrogen (secondary N) is 1. The Hall–Kier alpha value is -1.02. The van der Waals surface area contributed by atoms with Crippen LogP contribution in [0.4, 0.5) is 4.39 Å². The fraction of sp³-hybridized carbons (Fsp3) is 0.500. The molecule has 1 unspecified atom stereocenters. The van der Waals surface area contributed by atoms with Crippen molar-refractivity contribution in [2.24, 2.45) is 0 Å². The maximum atomic E-state index is 13.6. The number of rotatable bonds is 4. The van der Waals surface area contributed by atoms with Crippen molar-refractivity contribution in [3.8, 4) is 0 Å². The number of sulfonamides is 1. The first-order chi connectivity index (χ1) is 8.82. The topological polar surface area (TPSA) is 75.6 Å². The van der Waals surface area contributed by atoms with E-state index in [0.717, 1.165) is 6.07 Å². The van der Waals surface area contributed by atoms with Gasteiger partial charge in [-0.2, -0.15) is 0 Å². The second kappa shape index (κ2) is 5.16. The van der Waals surface area contributed by atoms with Gasteiger partial charge in [0.1, 0.15) is 16.3 Å². The van der Waals surface area contributed by atoms with Crippen LogP contribution in [-0.4, -0.2) is 38.9 Å². The number of ether oxygens (including phenoxy) is 1. The highest BCUT2D eigenvalue weighted by Crippen LogP contribution is 2.20. The van der Waals surface area contributed by atoms with Gasteiger partial charge in [-0.15, -0.1) is 0 Å². The van der Waals surface area contributed by atoms with Crippen molar-refractivity contribution >= 4 is 10.0 Å². The normalized spacial score (nSPS) is 23.7. The Morgan fingerprint density at radius 1 is 1.53 bits per heavy atom. The summed E-state index contributed by atoms with van der Waals surface area (Å²) in [4.78, 5) is -0.407. The molecule has 5 nitrogen and oxygen atoms in total. The van der Waals surface area contributed by atoms with Crippen molar-refractivity contribution in [2.45, 2.75) is 23.8 Å². The standard InChI is InChI=1S/C12H16FNO4S/c1-9-2-3-10(13)11(6-9)19(16,17)14-7-12(15)4-5-18-8-12/h2-3,6,14-15H,4-5,7-8H2,1H3. The lowest BCUT2D eigenvalue weighted by molar-refractivity contribution is 0.0314. The van der Waals surface area contributed by atoms with Crippen molar-refractivity contribution in [3.63, 3.8) is 0 Å². The molecule has 1 saturated heterocycles. The Morgan fingerprint density at radius 3 is 2.89 bits per heavy atom. The molecule has 1 aromatic rings. The van der Waals surface area contributed by atoms with E-state index < -0.39 is 26.3 Å². The van der Waals surface area contributed by atoms with Crippen LogP contribution in [0.5, 0.6) is 0 Å². The van der Waals surface area contributed by atoms with Gasteiger partial charge in [-0.1, -0.05) is 6.07 Å². The van der Waals surface area contributed by atoms with Crippen molar-refractivity contribution in [1.29, 1.82) is 0 Å². The average Bonchev–Trinajstić information content (AvgIpc) is 2.78. The smallest absolute Gasteiger partial charge is 0.243 e. The van der Waals surface area contributed by atoms with Crippen LogP contribution in [0.2, 0.25) is 0 Å². The first-order valence-electron chi connectivity index (χ1n) is 5.88. The highest BCUT2D eigenvalue weighted by Gasteiger charge is 2.34. The zero-order valence-corrected chi connectivity index (χ0v) is 11.3. The highest BCUT2D eigenvalue weighted by atomic mass is 32.2. The summed E-state index contributed by atoms with van der Waals surface area (Å²) in [6.45, 7) is 1.95. The quantitative estimate of drug-likeness (QED) is 0.849. The van der Waals surface area contributed by atoms with E-state index in [-0.39, 0.29) is 13.2 Å². The summed E-state index contributed by atoms with van der Waals surface area (Å²) in [7, 11) is -3.98. The summed E-state index contributed by atoms with van der Waals surface area (Å²) in [5, 5.41) is 9.98. The van der Waals surface area contributed by atoms with E-state index >= 15 is 0 Å². The van der Waals surface area contributed by atoms with Gasteiger partial charge in [0.05, 0.1) is 6.61 Å². The number of hydrogen-bond acceptors (Lipinski definition) is 4. The third-order valence-corrected chi connectivity index (χ3v) is 4.47. The molecule has 1 aliphatic heterocycles. The molecule has 0 radical (unpaired) electrons. The Bertz CT molecular complexity index is 567. The maximum Gasteiger partial charge on any atom is 0.243 e. The molecule has 1 aliphatic rings. The van der Waals surface area contributed by atoms with E-state index in [0.29, 0.717) is 18.6 Å². The zero-order chi connectivity index (χ0) is 14.1. The summed E-state index contributed by atoms with van der Waals surface area (Å²) < 4.78 is 44.8. The average molecular weight is 289 g/mol. The summed E-state index contributed by atoms with van der Waals surface area (Å²) >= 11 is 0. The molecule has 0 aromatic heterocycles. The summed E-state index contributed by atoms with van der Waals surface area (Å²) in [6, 6.07) is 3.86. The van der Waals surface area contributed by atoms with E-state index in [9.17, 15) is 17.9 Å². The van der Waals surface area contributed by atoms with Gasteiger partial charge in [0, 0.05) is 19.6 Å². The number of hydrogen-bond donors (Lipinski definition) is 2. The van der Waals surface area contributed by atoms with Gasteiger partial charge < -0.3 is 9.84 Å². The summed E-state index contributed by atoms with van der Waals surface area (Å²) in [6.07, 6.45) is 0.353. The van der Waals surface area contributed by atoms with Crippen LogP contribution in [0.25, 0.3) is 0 Å². The van der Waals surface area contributed by atoms with Crippen LogP contribution in [0, 0.1) is 12.7 Å². The van der Waals surface area contributed by atoms with E-state index in [1.165, 1.54) is 12.1 Å². The molecule has 1 atom stereocenters. The van der Waals surface area contributed by atoms with Crippen LogP contribution >= 0.6 is 0 Å². The van der Waals surface area contributed by atoms with Crippen LogP contribution in [-0.2, 0) is 14.8 Å². The van der Waals surface area contributed by atoms with Crippen LogP contribution < -0.4 is 4.72 Å². The molecule has 0 aliphatic carbocycles. The maximum absolute atomic E-state index is 13.6. The van der Waals surface area contributed by atoms with Crippen LogP contribution in [0.15, 0.2) is 23.1 Å². The van der Waals surface area contributed by atoms with Gasteiger partial charge in [0.25, 0.3) is 0 Å². The Kier molecular flexibility index (Phi) is 3.91. The van der Waals surface area contributed by atoms with Gasteiger partial charge in [-0.3, -0.25) is 0 Å². The number of aliphatic hydroxyl groups is 1. The van der Waals surface area contributed by atoms with Gasteiger partial charge in [-0.25, -0.2) is 17.5 Å². The molecule has 0 amide bonds. The molecule has 1 fully saturated rings.